The Labute approximate surface area is 93.0 Å². The third-order valence-electron chi connectivity index (χ3n) is 3.64. The Hall–Kier alpha value is -0.120. The molecule has 2 aliphatic rings. The first-order valence-electron chi connectivity index (χ1n) is 6.38. The van der Waals surface area contributed by atoms with Crippen LogP contribution >= 0.6 is 0 Å². The molecule has 0 amide bonds. The highest BCUT2D eigenvalue weighted by Gasteiger charge is 2.21. The SMILES string of the molecule is NCC1CCN(CCOCC2CC2)CC1. The van der Waals surface area contributed by atoms with Crippen LogP contribution in [0.3, 0.4) is 0 Å². The van der Waals surface area contributed by atoms with E-state index < -0.39 is 0 Å². The molecule has 0 atom stereocenters. The van der Waals surface area contributed by atoms with Crippen LogP contribution in [0.2, 0.25) is 0 Å². The fourth-order valence-electron chi connectivity index (χ4n) is 2.17. The third-order valence-corrected chi connectivity index (χ3v) is 3.64. The molecule has 2 N–H and O–H groups in total. The van der Waals surface area contributed by atoms with Crippen molar-refractivity contribution >= 4 is 0 Å². The first-order valence-corrected chi connectivity index (χ1v) is 6.38. The molecule has 0 spiro atoms. The number of hydrogen-bond donors (Lipinski definition) is 1. The van der Waals surface area contributed by atoms with Gasteiger partial charge in [0.2, 0.25) is 0 Å². The molecule has 1 aliphatic heterocycles. The Bertz CT molecular complexity index is 174. The van der Waals surface area contributed by atoms with Crippen LogP contribution < -0.4 is 5.73 Å². The maximum Gasteiger partial charge on any atom is 0.0593 e. The summed E-state index contributed by atoms with van der Waals surface area (Å²) in [6.07, 6.45) is 5.34. The Kier molecular flexibility index (Phi) is 4.42. The number of nitrogens with two attached hydrogens (primary N) is 1. The number of hydrogen-bond acceptors (Lipinski definition) is 3. The van der Waals surface area contributed by atoms with E-state index in [0.717, 1.165) is 38.1 Å². The highest BCUT2D eigenvalue weighted by molar-refractivity contribution is 4.74. The van der Waals surface area contributed by atoms with Crippen molar-refractivity contribution in [1.82, 2.24) is 4.90 Å². The molecule has 88 valence electrons. The van der Waals surface area contributed by atoms with E-state index in [1.54, 1.807) is 0 Å². The summed E-state index contributed by atoms with van der Waals surface area (Å²) in [6, 6.07) is 0. The Morgan fingerprint density at radius 3 is 2.40 bits per heavy atom. The van der Waals surface area contributed by atoms with Crippen LogP contribution in [0.4, 0.5) is 0 Å². The van der Waals surface area contributed by atoms with Gasteiger partial charge in [-0.1, -0.05) is 0 Å². The largest absolute Gasteiger partial charge is 0.380 e. The Morgan fingerprint density at radius 2 is 1.80 bits per heavy atom. The number of likely N-dealkylation sites (tertiary alicyclic amines) is 1. The fourth-order valence-corrected chi connectivity index (χ4v) is 2.17. The maximum absolute atomic E-state index is 5.67. The van der Waals surface area contributed by atoms with Crippen molar-refractivity contribution in [2.24, 2.45) is 17.6 Å². The lowest BCUT2D eigenvalue weighted by molar-refractivity contribution is 0.0833. The van der Waals surface area contributed by atoms with Crippen LogP contribution in [0.1, 0.15) is 25.7 Å². The van der Waals surface area contributed by atoms with Crippen molar-refractivity contribution in [2.45, 2.75) is 25.7 Å². The van der Waals surface area contributed by atoms with Gasteiger partial charge in [0.05, 0.1) is 6.61 Å². The molecule has 0 aromatic heterocycles. The Balaban J connectivity index is 1.48. The molecule has 1 heterocycles. The predicted molar refractivity (Wildman–Crippen MR) is 61.8 cm³/mol. The predicted octanol–water partition coefficient (Wildman–Crippen LogP) is 1.08. The summed E-state index contributed by atoms with van der Waals surface area (Å²) in [5.41, 5.74) is 5.67. The van der Waals surface area contributed by atoms with Crippen LogP contribution in [0.15, 0.2) is 0 Å². The second-order valence-electron chi connectivity index (χ2n) is 5.04. The standard InChI is InChI=1S/C12H24N2O/c13-9-11-3-5-14(6-4-11)7-8-15-10-12-1-2-12/h11-12H,1-10,13H2. The lowest BCUT2D eigenvalue weighted by atomic mass is 9.97. The smallest absolute Gasteiger partial charge is 0.0593 e. The van der Waals surface area contributed by atoms with Gasteiger partial charge in [0.25, 0.3) is 0 Å². The average Bonchev–Trinajstić information content (AvgIpc) is 3.09. The summed E-state index contributed by atoms with van der Waals surface area (Å²) in [5, 5.41) is 0. The van der Waals surface area contributed by atoms with Gasteiger partial charge in [-0.2, -0.15) is 0 Å². The lowest BCUT2D eigenvalue weighted by Gasteiger charge is -2.31. The zero-order valence-corrected chi connectivity index (χ0v) is 9.66. The molecule has 3 nitrogen and oxygen atoms in total. The van der Waals surface area contributed by atoms with E-state index in [0.29, 0.717) is 0 Å². The maximum atomic E-state index is 5.67. The molecule has 2 fully saturated rings. The molecular formula is C12H24N2O. The van der Waals surface area contributed by atoms with E-state index in [2.05, 4.69) is 4.90 Å². The molecule has 1 saturated carbocycles. The van der Waals surface area contributed by atoms with Crippen LogP contribution in [-0.4, -0.2) is 44.3 Å². The van der Waals surface area contributed by atoms with Crippen molar-refractivity contribution < 1.29 is 4.74 Å². The fraction of sp³-hybridized carbons (Fsp3) is 1.00. The quantitative estimate of drug-likeness (QED) is 0.670. The van der Waals surface area contributed by atoms with E-state index in [1.165, 1.54) is 38.8 Å². The summed E-state index contributed by atoms with van der Waals surface area (Å²) in [4.78, 5) is 2.51. The van der Waals surface area contributed by atoms with Gasteiger partial charge in [-0.3, -0.25) is 0 Å². The van der Waals surface area contributed by atoms with Crippen molar-refractivity contribution in [1.29, 1.82) is 0 Å². The molecule has 1 saturated heterocycles. The lowest BCUT2D eigenvalue weighted by Crippen LogP contribution is -2.37. The van der Waals surface area contributed by atoms with Crippen LogP contribution in [0.25, 0.3) is 0 Å². The number of piperidine rings is 1. The van der Waals surface area contributed by atoms with E-state index in [-0.39, 0.29) is 0 Å². The van der Waals surface area contributed by atoms with Crippen molar-refractivity contribution in [3.8, 4) is 0 Å². The summed E-state index contributed by atoms with van der Waals surface area (Å²) in [7, 11) is 0. The number of rotatable bonds is 6. The van der Waals surface area contributed by atoms with E-state index in [1.807, 2.05) is 0 Å². The van der Waals surface area contributed by atoms with Gasteiger partial charge in [-0.15, -0.1) is 0 Å². The third kappa shape index (κ3) is 4.09. The molecule has 0 radical (unpaired) electrons. The van der Waals surface area contributed by atoms with E-state index in [4.69, 9.17) is 10.5 Å². The summed E-state index contributed by atoms with van der Waals surface area (Å²) in [5.74, 6) is 1.67. The molecule has 3 heteroatoms. The first-order chi connectivity index (χ1) is 7.38. The topological polar surface area (TPSA) is 38.5 Å². The highest BCUT2D eigenvalue weighted by atomic mass is 16.5. The molecule has 0 aromatic rings. The number of nitrogens with zero attached hydrogens (tertiary/aromatic N) is 1. The minimum Gasteiger partial charge on any atom is -0.380 e. The van der Waals surface area contributed by atoms with Crippen LogP contribution in [-0.2, 0) is 4.74 Å². The second kappa shape index (κ2) is 5.83. The molecule has 0 bridgehead atoms. The number of ether oxygens (including phenoxy) is 1. The average molecular weight is 212 g/mol. The van der Waals surface area contributed by atoms with Crippen molar-refractivity contribution in [3.63, 3.8) is 0 Å². The summed E-state index contributed by atoms with van der Waals surface area (Å²) < 4.78 is 5.65. The van der Waals surface area contributed by atoms with Crippen molar-refractivity contribution in [2.75, 3.05) is 39.4 Å². The molecule has 1 aliphatic carbocycles. The summed E-state index contributed by atoms with van der Waals surface area (Å²) >= 11 is 0. The minimum absolute atomic E-state index is 0.772. The van der Waals surface area contributed by atoms with Crippen LogP contribution in [0.5, 0.6) is 0 Å². The highest BCUT2D eigenvalue weighted by Crippen LogP contribution is 2.28. The van der Waals surface area contributed by atoms with Gasteiger partial charge in [0, 0.05) is 13.2 Å². The molecule has 15 heavy (non-hydrogen) atoms. The zero-order chi connectivity index (χ0) is 10.5. The van der Waals surface area contributed by atoms with Gasteiger partial charge in [0.1, 0.15) is 0 Å². The summed E-state index contributed by atoms with van der Waals surface area (Å²) in [6.45, 7) is 6.34. The molecule has 0 unspecified atom stereocenters. The van der Waals surface area contributed by atoms with Gasteiger partial charge in [-0.05, 0) is 57.2 Å². The van der Waals surface area contributed by atoms with Crippen molar-refractivity contribution in [3.05, 3.63) is 0 Å². The van der Waals surface area contributed by atoms with E-state index in [9.17, 15) is 0 Å². The van der Waals surface area contributed by atoms with Gasteiger partial charge in [-0.25, -0.2) is 0 Å². The van der Waals surface area contributed by atoms with Gasteiger partial charge >= 0.3 is 0 Å². The normalized spacial score (nSPS) is 24.6. The zero-order valence-electron chi connectivity index (χ0n) is 9.66. The molecule has 2 rings (SSSR count). The first kappa shape index (κ1) is 11.4. The van der Waals surface area contributed by atoms with Crippen LogP contribution in [0, 0.1) is 11.8 Å². The van der Waals surface area contributed by atoms with E-state index >= 15 is 0 Å². The van der Waals surface area contributed by atoms with Gasteiger partial charge in [0.15, 0.2) is 0 Å². The minimum atomic E-state index is 0.772. The van der Waals surface area contributed by atoms with Gasteiger partial charge < -0.3 is 15.4 Å². The monoisotopic (exact) mass is 212 g/mol. The second-order valence-corrected chi connectivity index (χ2v) is 5.04. The Morgan fingerprint density at radius 1 is 1.07 bits per heavy atom. The molecule has 0 aromatic carbocycles. The molecular weight excluding hydrogens is 188 g/mol.